The van der Waals surface area contributed by atoms with Crippen molar-refractivity contribution in [1.82, 2.24) is 15.1 Å². The fraction of sp³-hybridized carbons (Fsp3) is 0.424. The lowest BCUT2D eigenvalue weighted by molar-refractivity contribution is 0.138. The second kappa shape index (κ2) is 14.1. The highest BCUT2D eigenvalue weighted by Crippen LogP contribution is 2.26. The number of likely N-dealkylation sites (tertiary alicyclic amines) is 1. The van der Waals surface area contributed by atoms with E-state index in [9.17, 15) is 13.2 Å². The smallest absolute Gasteiger partial charge is 0.318 e. The normalized spacial score (nSPS) is 17.0. The lowest BCUT2D eigenvalue weighted by Crippen LogP contribution is -2.52. The van der Waals surface area contributed by atoms with E-state index in [0.717, 1.165) is 57.3 Å². The van der Waals surface area contributed by atoms with Crippen molar-refractivity contribution in [2.75, 3.05) is 24.1 Å². The number of nitrogens with one attached hydrogen (secondary N) is 2. The Morgan fingerprint density at radius 2 is 1.45 bits per heavy atom. The number of nitrogens with zero attached hydrogens (tertiary/aromatic N) is 2. The van der Waals surface area contributed by atoms with Gasteiger partial charge in [-0.15, -0.1) is 0 Å². The summed E-state index contributed by atoms with van der Waals surface area (Å²) in [6, 6.07) is 25.8. The highest BCUT2D eigenvalue weighted by Gasteiger charge is 2.28. The Labute approximate surface area is 250 Å². The number of hydrogen-bond acceptors (Lipinski definition) is 5. The topological polar surface area (TPSA) is 91.0 Å². The zero-order valence-electron chi connectivity index (χ0n) is 24.4. The molecule has 5 rings (SSSR count). The number of amides is 2. The van der Waals surface area contributed by atoms with Crippen LogP contribution in [0.1, 0.15) is 56.1 Å². The van der Waals surface area contributed by atoms with Gasteiger partial charge in [0.15, 0.2) is 0 Å². The average Bonchev–Trinajstić information content (AvgIpc) is 2.99. The molecule has 2 fully saturated rings. The molecule has 1 aliphatic heterocycles. The minimum absolute atomic E-state index is 0.0843. The zero-order valence-corrected chi connectivity index (χ0v) is 25.2. The third kappa shape index (κ3) is 8.97. The van der Waals surface area contributed by atoms with Crippen molar-refractivity contribution < 1.29 is 17.9 Å². The van der Waals surface area contributed by atoms with E-state index >= 15 is 0 Å². The van der Waals surface area contributed by atoms with E-state index in [1.165, 1.54) is 30.4 Å². The Hall–Kier alpha value is -3.56. The van der Waals surface area contributed by atoms with Crippen LogP contribution in [0.2, 0.25) is 0 Å². The van der Waals surface area contributed by atoms with Crippen molar-refractivity contribution in [3.63, 3.8) is 0 Å². The van der Waals surface area contributed by atoms with Crippen LogP contribution in [0.3, 0.4) is 0 Å². The van der Waals surface area contributed by atoms with Crippen molar-refractivity contribution in [3.8, 4) is 11.5 Å². The van der Waals surface area contributed by atoms with Gasteiger partial charge in [-0.05, 0) is 73.2 Å². The Kier molecular flexibility index (Phi) is 10.0. The number of hydrogen-bond donors (Lipinski definition) is 2. The number of urea groups is 1. The van der Waals surface area contributed by atoms with Gasteiger partial charge < -0.3 is 15.0 Å². The highest BCUT2D eigenvalue weighted by atomic mass is 32.2. The molecule has 0 aromatic heterocycles. The number of ether oxygens (including phenoxy) is 1. The molecule has 1 aliphatic carbocycles. The van der Waals surface area contributed by atoms with E-state index in [0.29, 0.717) is 24.0 Å². The maximum atomic E-state index is 13.5. The first-order chi connectivity index (χ1) is 20.3. The van der Waals surface area contributed by atoms with Crippen LogP contribution < -0.4 is 14.8 Å². The number of piperidine rings is 1. The second-order valence-electron chi connectivity index (χ2n) is 11.5. The molecular weight excluding hydrogens is 548 g/mol. The lowest BCUT2D eigenvalue weighted by atomic mass is 9.94. The lowest BCUT2D eigenvalue weighted by Gasteiger charge is -2.37. The van der Waals surface area contributed by atoms with Crippen LogP contribution in [0.4, 0.5) is 10.5 Å². The molecule has 0 spiro atoms. The molecule has 8 nitrogen and oxygen atoms in total. The van der Waals surface area contributed by atoms with Gasteiger partial charge in [-0.3, -0.25) is 9.62 Å². The van der Waals surface area contributed by atoms with Crippen molar-refractivity contribution >= 4 is 21.7 Å². The number of carbonyl (C=O) groups is 1. The first-order valence-corrected chi connectivity index (χ1v) is 16.9. The second-order valence-corrected chi connectivity index (χ2v) is 13.3. The number of carbonyl (C=O) groups excluding carboxylic acids is 1. The van der Waals surface area contributed by atoms with Crippen molar-refractivity contribution in [3.05, 3.63) is 90.0 Å². The minimum Gasteiger partial charge on any atom is -0.457 e. The monoisotopic (exact) mass is 590 g/mol. The molecule has 1 saturated carbocycles. The molecule has 2 N–H and O–H groups in total. The predicted molar refractivity (Wildman–Crippen MR) is 167 cm³/mol. The third-order valence-electron chi connectivity index (χ3n) is 8.11. The standard InChI is InChI=1S/C33H42N4O4S/c1-42(39,40)35-29-14-18-32(19-15-29)41-31-16-12-27(13-17-31)24-36-22-20-28(21-23-36)34-33(38)37(30-10-6-3-7-11-30)25-26-8-4-2-5-9-26/h2,4-5,8-9,12-19,28,30,35H,3,6-7,10-11,20-25H2,1H3,(H,34,38). The van der Waals surface area contributed by atoms with Gasteiger partial charge in [0, 0.05) is 44.0 Å². The van der Waals surface area contributed by atoms with Crippen LogP contribution in [-0.2, 0) is 23.1 Å². The van der Waals surface area contributed by atoms with Gasteiger partial charge in [-0.25, -0.2) is 13.2 Å². The summed E-state index contributed by atoms with van der Waals surface area (Å²) < 4.78 is 31.1. The number of benzene rings is 3. The van der Waals surface area contributed by atoms with E-state index in [1.807, 2.05) is 30.3 Å². The number of rotatable bonds is 10. The minimum atomic E-state index is -3.31. The van der Waals surface area contributed by atoms with Gasteiger partial charge in [-0.1, -0.05) is 61.7 Å². The largest absolute Gasteiger partial charge is 0.457 e. The maximum Gasteiger partial charge on any atom is 0.318 e. The van der Waals surface area contributed by atoms with Crippen LogP contribution in [0.25, 0.3) is 0 Å². The van der Waals surface area contributed by atoms with Crippen LogP contribution in [0.15, 0.2) is 78.9 Å². The van der Waals surface area contributed by atoms with Gasteiger partial charge in [0.1, 0.15) is 11.5 Å². The molecular formula is C33H42N4O4S. The van der Waals surface area contributed by atoms with Gasteiger partial charge in [0.25, 0.3) is 0 Å². The summed E-state index contributed by atoms with van der Waals surface area (Å²) in [6.45, 7) is 3.41. The summed E-state index contributed by atoms with van der Waals surface area (Å²) in [7, 11) is -3.31. The molecule has 42 heavy (non-hydrogen) atoms. The summed E-state index contributed by atoms with van der Waals surface area (Å²) in [5.41, 5.74) is 2.89. The zero-order chi connectivity index (χ0) is 29.4. The Balaban J connectivity index is 1.08. The molecule has 1 heterocycles. The molecule has 0 bridgehead atoms. The number of sulfonamides is 1. The average molecular weight is 591 g/mol. The molecule has 224 valence electrons. The van der Waals surface area contributed by atoms with E-state index in [-0.39, 0.29) is 12.1 Å². The first-order valence-electron chi connectivity index (χ1n) is 15.0. The van der Waals surface area contributed by atoms with Crippen molar-refractivity contribution in [2.45, 2.75) is 70.1 Å². The Morgan fingerprint density at radius 3 is 2.07 bits per heavy atom. The fourth-order valence-corrected chi connectivity index (χ4v) is 6.46. The van der Waals surface area contributed by atoms with Gasteiger partial charge in [0.2, 0.25) is 10.0 Å². The summed E-state index contributed by atoms with van der Waals surface area (Å²) in [6.07, 6.45) is 8.88. The molecule has 0 radical (unpaired) electrons. The van der Waals surface area contributed by atoms with Crippen LogP contribution in [0, 0.1) is 0 Å². The van der Waals surface area contributed by atoms with Crippen LogP contribution in [0.5, 0.6) is 11.5 Å². The van der Waals surface area contributed by atoms with Crippen LogP contribution in [-0.4, -0.2) is 55.7 Å². The Bertz CT molecular complexity index is 1380. The predicted octanol–water partition coefficient (Wildman–Crippen LogP) is 6.36. The molecule has 3 aromatic carbocycles. The van der Waals surface area contributed by atoms with E-state index in [2.05, 4.69) is 44.1 Å². The summed E-state index contributed by atoms with van der Waals surface area (Å²) >= 11 is 0. The molecule has 0 atom stereocenters. The first kappa shape index (κ1) is 29.9. The Morgan fingerprint density at radius 1 is 0.833 bits per heavy atom. The van der Waals surface area contributed by atoms with E-state index < -0.39 is 10.0 Å². The summed E-state index contributed by atoms with van der Waals surface area (Å²) in [5, 5.41) is 3.38. The molecule has 1 saturated heterocycles. The summed E-state index contributed by atoms with van der Waals surface area (Å²) in [5.74, 6) is 1.36. The SMILES string of the molecule is CS(=O)(=O)Nc1ccc(Oc2ccc(CN3CCC(NC(=O)N(Cc4ccccc4)C4CCCCC4)CC3)cc2)cc1. The third-order valence-corrected chi connectivity index (χ3v) is 8.72. The van der Waals surface area contributed by atoms with Crippen molar-refractivity contribution in [1.29, 1.82) is 0 Å². The summed E-state index contributed by atoms with van der Waals surface area (Å²) in [4.78, 5) is 18.0. The quantitative estimate of drug-likeness (QED) is 0.287. The molecule has 2 amide bonds. The maximum absolute atomic E-state index is 13.5. The van der Waals surface area contributed by atoms with Gasteiger partial charge in [-0.2, -0.15) is 0 Å². The number of anilines is 1. The highest BCUT2D eigenvalue weighted by molar-refractivity contribution is 7.92. The van der Waals surface area contributed by atoms with E-state index in [1.54, 1.807) is 24.3 Å². The van der Waals surface area contributed by atoms with Crippen LogP contribution >= 0.6 is 0 Å². The fourth-order valence-electron chi connectivity index (χ4n) is 5.89. The van der Waals surface area contributed by atoms with Gasteiger partial charge in [0.05, 0.1) is 6.26 Å². The molecule has 0 unspecified atom stereocenters. The van der Waals surface area contributed by atoms with Gasteiger partial charge >= 0.3 is 6.03 Å². The molecule has 9 heteroatoms. The van der Waals surface area contributed by atoms with Crippen molar-refractivity contribution in [2.24, 2.45) is 0 Å². The molecule has 3 aromatic rings. The molecule has 2 aliphatic rings. The van der Waals surface area contributed by atoms with E-state index in [4.69, 9.17) is 4.74 Å².